The Hall–Kier alpha value is -0.810. The number of nitrogens with two attached hydrogens (primary N) is 1. The van der Waals surface area contributed by atoms with Crippen LogP contribution in [0.15, 0.2) is 4.99 Å². The molecule has 0 aliphatic heterocycles. The lowest BCUT2D eigenvalue weighted by Crippen LogP contribution is -2.50. The maximum absolute atomic E-state index is 5.63. The molecule has 0 bridgehead atoms. The van der Waals surface area contributed by atoms with Crippen LogP contribution in [0.4, 0.5) is 0 Å². The quantitative estimate of drug-likeness (QED) is 0.311. The molecule has 1 rings (SSSR count). The van der Waals surface area contributed by atoms with Crippen molar-refractivity contribution in [3.05, 3.63) is 0 Å². The molecule has 0 spiro atoms. The first kappa shape index (κ1) is 15.2. The fourth-order valence-corrected chi connectivity index (χ4v) is 2.01. The van der Waals surface area contributed by atoms with Gasteiger partial charge in [-0.05, 0) is 31.6 Å². The van der Waals surface area contributed by atoms with E-state index in [2.05, 4.69) is 36.1 Å². The van der Waals surface area contributed by atoms with E-state index in [1.165, 1.54) is 12.8 Å². The van der Waals surface area contributed by atoms with E-state index in [0.717, 1.165) is 25.0 Å². The minimum absolute atomic E-state index is 0.474. The molecule has 0 aromatic rings. The van der Waals surface area contributed by atoms with Crippen LogP contribution < -0.4 is 11.3 Å². The number of ether oxygens (including phenoxy) is 1. The number of nitrogens with one attached hydrogen (secondary N) is 1. The molecule has 0 radical (unpaired) electrons. The molecule has 1 aliphatic carbocycles. The molecule has 1 saturated carbocycles. The average Bonchev–Trinajstić information content (AvgIpc) is 3.16. The Kier molecular flexibility index (Phi) is 6.43. The zero-order valence-electron chi connectivity index (χ0n) is 12.1. The van der Waals surface area contributed by atoms with Crippen molar-refractivity contribution < 1.29 is 4.74 Å². The van der Waals surface area contributed by atoms with Gasteiger partial charge in [-0.3, -0.25) is 10.4 Å². The number of hydrogen-bond donors (Lipinski definition) is 2. The number of nitrogens with zero attached hydrogens (tertiary/aromatic N) is 2. The summed E-state index contributed by atoms with van der Waals surface area (Å²) in [5.41, 5.74) is 2.75. The molecule has 5 nitrogen and oxygen atoms in total. The van der Waals surface area contributed by atoms with E-state index in [-0.39, 0.29) is 0 Å². The summed E-state index contributed by atoms with van der Waals surface area (Å²) in [5, 5.41) is 0. The first-order valence-corrected chi connectivity index (χ1v) is 6.86. The van der Waals surface area contributed by atoms with Crippen molar-refractivity contribution in [1.29, 1.82) is 0 Å². The monoisotopic (exact) mass is 256 g/mol. The molecular formula is C13H28N4O. The third-order valence-electron chi connectivity index (χ3n) is 3.34. The van der Waals surface area contributed by atoms with E-state index in [1.54, 1.807) is 7.11 Å². The highest BCUT2D eigenvalue weighted by Gasteiger charge is 2.33. The van der Waals surface area contributed by atoms with E-state index in [1.807, 2.05) is 0 Å². The second kappa shape index (κ2) is 7.59. The molecule has 1 aliphatic rings. The highest BCUT2D eigenvalue weighted by molar-refractivity contribution is 5.79. The Morgan fingerprint density at radius 3 is 2.56 bits per heavy atom. The van der Waals surface area contributed by atoms with Gasteiger partial charge in [0.05, 0.1) is 6.61 Å². The summed E-state index contributed by atoms with van der Waals surface area (Å²) in [7, 11) is 1.72. The summed E-state index contributed by atoms with van der Waals surface area (Å²) in [6.07, 6.45) is 2.62. The van der Waals surface area contributed by atoms with E-state index in [4.69, 9.17) is 10.6 Å². The van der Waals surface area contributed by atoms with E-state index >= 15 is 0 Å². The Balaban J connectivity index is 2.67. The molecule has 18 heavy (non-hydrogen) atoms. The van der Waals surface area contributed by atoms with Crippen LogP contribution in [-0.4, -0.2) is 43.7 Å². The average molecular weight is 256 g/mol. The molecule has 1 fully saturated rings. The van der Waals surface area contributed by atoms with Crippen molar-refractivity contribution in [2.75, 3.05) is 26.8 Å². The Morgan fingerprint density at radius 1 is 1.44 bits per heavy atom. The minimum Gasteiger partial charge on any atom is -0.383 e. The van der Waals surface area contributed by atoms with Crippen LogP contribution in [-0.2, 0) is 4.74 Å². The second-order valence-corrected chi connectivity index (χ2v) is 5.47. The molecule has 0 aromatic heterocycles. The third kappa shape index (κ3) is 4.82. The number of aliphatic imine (C=N–C) groups is 1. The molecule has 106 valence electrons. The highest BCUT2D eigenvalue weighted by Crippen LogP contribution is 2.35. The predicted molar refractivity (Wildman–Crippen MR) is 75.2 cm³/mol. The molecule has 1 unspecified atom stereocenters. The fourth-order valence-electron chi connectivity index (χ4n) is 2.01. The molecule has 1 atom stereocenters. The van der Waals surface area contributed by atoms with Crippen LogP contribution in [0.5, 0.6) is 0 Å². The van der Waals surface area contributed by atoms with Crippen molar-refractivity contribution in [2.24, 2.45) is 22.7 Å². The van der Waals surface area contributed by atoms with Crippen molar-refractivity contribution in [3.8, 4) is 0 Å². The summed E-state index contributed by atoms with van der Waals surface area (Å²) in [4.78, 5) is 6.82. The molecule has 0 amide bonds. The summed E-state index contributed by atoms with van der Waals surface area (Å²) in [6, 6.07) is 0.474. The van der Waals surface area contributed by atoms with Gasteiger partial charge in [-0.25, -0.2) is 5.84 Å². The van der Waals surface area contributed by atoms with Crippen LogP contribution in [0.25, 0.3) is 0 Å². The van der Waals surface area contributed by atoms with Crippen LogP contribution >= 0.6 is 0 Å². The number of hydrazine groups is 1. The summed E-state index contributed by atoms with van der Waals surface area (Å²) >= 11 is 0. The van der Waals surface area contributed by atoms with E-state index < -0.39 is 0 Å². The molecule has 5 heteroatoms. The number of guanidine groups is 1. The lowest BCUT2D eigenvalue weighted by molar-refractivity contribution is 0.157. The molecule has 0 heterocycles. The topological polar surface area (TPSA) is 62.9 Å². The Bertz CT molecular complexity index is 264. The van der Waals surface area contributed by atoms with Gasteiger partial charge >= 0.3 is 0 Å². The highest BCUT2D eigenvalue weighted by atomic mass is 16.5. The lowest BCUT2D eigenvalue weighted by atomic mass is 10.2. The molecule has 3 N–H and O–H groups in total. The van der Waals surface area contributed by atoms with Crippen molar-refractivity contribution in [1.82, 2.24) is 10.3 Å². The van der Waals surface area contributed by atoms with Gasteiger partial charge in [0.1, 0.15) is 0 Å². The van der Waals surface area contributed by atoms with Gasteiger partial charge in [-0.2, -0.15) is 0 Å². The third-order valence-corrected chi connectivity index (χ3v) is 3.34. The Labute approximate surface area is 111 Å². The maximum atomic E-state index is 5.63. The van der Waals surface area contributed by atoms with Gasteiger partial charge in [0.2, 0.25) is 5.96 Å². The molecular weight excluding hydrogens is 228 g/mol. The van der Waals surface area contributed by atoms with Crippen molar-refractivity contribution in [2.45, 2.75) is 39.7 Å². The number of rotatable bonds is 7. The largest absolute Gasteiger partial charge is 0.383 e. The van der Waals surface area contributed by atoms with E-state index in [0.29, 0.717) is 18.6 Å². The summed E-state index contributed by atoms with van der Waals surface area (Å²) in [5.74, 6) is 7.73. The number of hydrogen-bond acceptors (Lipinski definition) is 3. The lowest BCUT2D eigenvalue weighted by Gasteiger charge is -2.31. The minimum atomic E-state index is 0.474. The number of methoxy groups -OCH3 is 1. The van der Waals surface area contributed by atoms with Gasteiger partial charge < -0.3 is 9.64 Å². The van der Waals surface area contributed by atoms with Crippen LogP contribution in [0.2, 0.25) is 0 Å². The van der Waals surface area contributed by atoms with Crippen LogP contribution in [0, 0.1) is 11.8 Å². The van der Waals surface area contributed by atoms with Gasteiger partial charge in [0, 0.05) is 26.2 Å². The predicted octanol–water partition coefficient (Wildman–Crippen LogP) is 1.21. The van der Waals surface area contributed by atoms with Crippen molar-refractivity contribution in [3.63, 3.8) is 0 Å². The van der Waals surface area contributed by atoms with Gasteiger partial charge in [0.15, 0.2) is 0 Å². The summed E-state index contributed by atoms with van der Waals surface area (Å²) in [6.45, 7) is 8.87. The van der Waals surface area contributed by atoms with E-state index in [9.17, 15) is 0 Å². The SMILES string of the molecule is COCCN(C(=NCC(C)C)NN)C(C)C1CC1. The van der Waals surface area contributed by atoms with Crippen LogP contribution in [0.1, 0.15) is 33.6 Å². The van der Waals surface area contributed by atoms with Gasteiger partial charge in [-0.1, -0.05) is 13.8 Å². The smallest absolute Gasteiger partial charge is 0.208 e. The molecule has 0 saturated heterocycles. The standard InChI is InChI=1S/C13H28N4O/c1-10(2)9-15-13(16-14)17(7-8-18-4)11(3)12-5-6-12/h10-12H,5-9,14H2,1-4H3,(H,15,16). The normalized spacial score (nSPS) is 18.0. The first-order chi connectivity index (χ1) is 8.60. The fraction of sp³-hybridized carbons (Fsp3) is 0.923. The van der Waals surface area contributed by atoms with Gasteiger partial charge in [0.25, 0.3) is 0 Å². The molecule has 0 aromatic carbocycles. The van der Waals surface area contributed by atoms with Crippen molar-refractivity contribution >= 4 is 5.96 Å². The second-order valence-electron chi connectivity index (χ2n) is 5.47. The zero-order valence-corrected chi connectivity index (χ0v) is 12.1. The summed E-state index contributed by atoms with van der Waals surface area (Å²) < 4.78 is 5.18. The van der Waals surface area contributed by atoms with Crippen LogP contribution in [0.3, 0.4) is 0 Å². The first-order valence-electron chi connectivity index (χ1n) is 6.86. The maximum Gasteiger partial charge on any atom is 0.208 e. The zero-order chi connectivity index (χ0) is 13.5. The Morgan fingerprint density at radius 2 is 2.11 bits per heavy atom. The van der Waals surface area contributed by atoms with Gasteiger partial charge in [-0.15, -0.1) is 0 Å².